The van der Waals surface area contributed by atoms with Crippen LogP contribution in [0.15, 0.2) is 6.20 Å². The second-order valence-corrected chi connectivity index (χ2v) is 3.45. The van der Waals surface area contributed by atoms with Crippen LogP contribution in [0.1, 0.15) is 30.4 Å². The summed E-state index contributed by atoms with van der Waals surface area (Å²) < 4.78 is 2.30. The van der Waals surface area contributed by atoms with Crippen molar-refractivity contribution in [2.24, 2.45) is 5.73 Å². The van der Waals surface area contributed by atoms with E-state index in [-0.39, 0.29) is 0 Å². The number of hydrogen-bond acceptors (Lipinski definition) is 2. The maximum atomic E-state index is 5.70. The minimum atomic E-state index is 0.497. The minimum absolute atomic E-state index is 0.497. The van der Waals surface area contributed by atoms with Crippen molar-refractivity contribution in [2.75, 3.05) is 6.54 Å². The number of hydrogen-bond donors (Lipinski definition) is 1. The van der Waals surface area contributed by atoms with Crippen LogP contribution in [0, 0.1) is 6.92 Å². The first kappa shape index (κ1) is 7.80. The Hall–Kier alpha value is -0.830. The lowest BCUT2D eigenvalue weighted by molar-refractivity contribution is 0.402. The van der Waals surface area contributed by atoms with Crippen LogP contribution in [0.25, 0.3) is 0 Å². The molecule has 0 bridgehead atoms. The quantitative estimate of drug-likeness (QED) is 0.675. The SMILES string of the molecule is Cc1ncc2n1C(CN)CCC2. The highest BCUT2D eigenvalue weighted by atomic mass is 15.1. The number of fused-ring (bicyclic) bond motifs is 1. The van der Waals surface area contributed by atoms with Gasteiger partial charge < -0.3 is 10.3 Å². The molecule has 66 valence electrons. The molecule has 1 unspecified atom stereocenters. The molecule has 0 radical (unpaired) electrons. The van der Waals surface area contributed by atoms with Crippen molar-refractivity contribution in [3.05, 3.63) is 17.7 Å². The molecule has 0 fully saturated rings. The first-order valence-corrected chi connectivity index (χ1v) is 4.55. The zero-order valence-corrected chi connectivity index (χ0v) is 7.45. The zero-order valence-electron chi connectivity index (χ0n) is 7.45. The van der Waals surface area contributed by atoms with Gasteiger partial charge in [0.1, 0.15) is 5.82 Å². The van der Waals surface area contributed by atoms with Gasteiger partial charge in [-0.15, -0.1) is 0 Å². The average molecular weight is 165 g/mol. The molecular weight excluding hydrogens is 150 g/mol. The Bertz CT molecular complexity index is 277. The Morgan fingerprint density at radius 1 is 1.75 bits per heavy atom. The Balaban J connectivity index is 2.41. The molecule has 0 amide bonds. The molecule has 0 aromatic carbocycles. The molecule has 0 aliphatic carbocycles. The van der Waals surface area contributed by atoms with Gasteiger partial charge in [-0.25, -0.2) is 4.98 Å². The van der Waals surface area contributed by atoms with Gasteiger partial charge in [-0.3, -0.25) is 0 Å². The molecule has 3 heteroatoms. The van der Waals surface area contributed by atoms with Crippen LogP contribution in [-0.2, 0) is 6.42 Å². The smallest absolute Gasteiger partial charge is 0.106 e. The summed E-state index contributed by atoms with van der Waals surface area (Å²) in [7, 11) is 0. The largest absolute Gasteiger partial charge is 0.328 e. The average Bonchev–Trinajstić information content (AvgIpc) is 2.48. The predicted molar refractivity (Wildman–Crippen MR) is 48.0 cm³/mol. The Labute approximate surface area is 72.6 Å². The number of aromatic nitrogens is 2. The van der Waals surface area contributed by atoms with Gasteiger partial charge in [0.25, 0.3) is 0 Å². The highest BCUT2D eigenvalue weighted by Gasteiger charge is 2.19. The third-order valence-electron chi connectivity index (χ3n) is 2.67. The van der Waals surface area contributed by atoms with Crippen molar-refractivity contribution in [1.82, 2.24) is 9.55 Å². The standard InChI is InChI=1S/C9H15N3/c1-7-11-6-9-4-2-3-8(5-10)12(7)9/h6,8H,2-5,10H2,1H3. The molecule has 1 aromatic rings. The van der Waals surface area contributed by atoms with Crippen LogP contribution in [-0.4, -0.2) is 16.1 Å². The van der Waals surface area contributed by atoms with E-state index in [0.29, 0.717) is 6.04 Å². The Morgan fingerprint density at radius 2 is 2.58 bits per heavy atom. The van der Waals surface area contributed by atoms with Gasteiger partial charge in [-0.2, -0.15) is 0 Å². The molecule has 12 heavy (non-hydrogen) atoms. The van der Waals surface area contributed by atoms with Gasteiger partial charge >= 0.3 is 0 Å². The molecular formula is C9H15N3. The molecule has 1 aromatic heterocycles. The van der Waals surface area contributed by atoms with Crippen molar-refractivity contribution in [1.29, 1.82) is 0 Å². The van der Waals surface area contributed by atoms with Gasteiger partial charge in [-0.1, -0.05) is 0 Å². The summed E-state index contributed by atoms with van der Waals surface area (Å²) in [6, 6.07) is 0.497. The Kier molecular flexibility index (Phi) is 1.89. The molecule has 3 nitrogen and oxygen atoms in total. The second kappa shape index (κ2) is 2.90. The van der Waals surface area contributed by atoms with Gasteiger partial charge in [0.05, 0.1) is 0 Å². The third kappa shape index (κ3) is 1.05. The summed E-state index contributed by atoms with van der Waals surface area (Å²) in [5.74, 6) is 1.11. The molecule has 2 heterocycles. The number of imidazole rings is 1. The minimum Gasteiger partial charge on any atom is -0.328 e. The second-order valence-electron chi connectivity index (χ2n) is 3.45. The van der Waals surface area contributed by atoms with E-state index >= 15 is 0 Å². The lowest BCUT2D eigenvalue weighted by Crippen LogP contribution is -2.25. The van der Waals surface area contributed by atoms with E-state index in [4.69, 9.17) is 5.73 Å². The summed E-state index contributed by atoms with van der Waals surface area (Å²) in [4.78, 5) is 4.30. The molecule has 2 N–H and O–H groups in total. The fraction of sp³-hybridized carbons (Fsp3) is 0.667. The van der Waals surface area contributed by atoms with Crippen molar-refractivity contribution in [2.45, 2.75) is 32.2 Å². The molecule has 0 saturated heterocycles. The topological polar surface area (TPSA) is 43.8 Å². The number of nitrogens with two attached hydrogens (primary N) is 1. The number of rotatable bonds is 1. The van der Waals surface area contributed by atoms with E-state index in [0.717, 1.165) is 18.8 Å². The number of aryl methyl sites for hydroxylation is 2. The van der Waals surface area contributed by atoms with Gasteiger partial charge in [0.15, 0.2) is 0 Å². The molecule has 1 atom stereocenters. The van der Waals surface area contributed by atoms with E-state index in [1.54, 1.807) is 0 Å². The summed E-state index contributed by atoms with van der Waals surface area (Å²) in [5, 5.41) is 0. The zero-order chi connectivity index (χ0) is 8.55. The normalized spacial score (nSPS) is 22.3. The predicted octanol–water partition coefficient (Wildman–Crippen LogP) is 1.03. The van der Waals surface area contributed by atoms with E-state index in [1.165, 1.54) is 18.5 Å². The summed E-state index contributed by atoms with van der Waals surface area (Å²) in [5.41, 5.74) is 7.05. The molecule has 1 aliphatic heterocycles. The highest BCUT2D eigenvalue weighted by Crippen LogP contribution is 2.24. The van der Waals surface area contributed by atoms with Gasteiger partial charge in [-0.05, 0) is 26.2 Å². The van der Waals surface area contributed by atoms with Gasteiger partial charge in [0.2, 0.25) is 0 Å². The molecule has 0 saturated carbocycles. The maximum Gasteiger partial charge on any atom is 0.106 e. The summed E-state index contributed by atoms with van der Waals surface area (Å²) in [6.07, 6.45) is 5.61. The van der Waals surface area contributed by atoms with E-state index in [1.807, 2.05) is 6.20 Å². The molecule has 2 rings (SSSR count). The first-order valence-electron chi connectivity index (χ1n) is 4.55. The van der Waals surface area contributed by atoms with Crippen LogP contribution < -0.4 is 5.73 Å². The van der Waals surface area contributed by atoms with E-state index in [9.17, 15) is 0 Å². The lowest BCUT2D eigenvalue weighted by Gasteiger charge is -2.25. The third-order valence-corrected chi connectivity index (χ3v) is 2.67. The monoisotopic (exact) mass is 165 g/mol. The molecule has 1 aliphatic rings. The van der Waals surface area contributed by atoms with Crippen LogP contribution in [0.2, 0.25) is 0 Å². The van der Waals surface area contributed by atoms with Gasteiger partial charge in [0, 0.05) is 24.5 Å². The molecule has 0 spiro atoms. The maximum absolute atomic E-state index is 5.70. The first-order chi connectivity index (χ1) is 5.83. The fourth-order valence-corrected chi connectivity index (χ4v) is 2.06. The Morgan fingerprint density at radius 3 is 3.33 bits per heavy atom. The van der Waals surface area contributed by atoms with Crippen molar-refractivity contribution >= 4 is 0 Å². The lowest BCUT2D eigenvalue weighted by atomic mass is 10.0. The van der Waals surface area contributed by atoms with Crippen LogP contribution in [0.3, 0.4) is 0 Å². The highest BCUT2D eigenvalue weighted by molar-refractivity contribution is 5.09. The van der Waals surface area contributed by atoms with Crippen molar-refractivity contribution in [3.8, 4) is 0 Å². The van der Waals surface area contributed by atoms with E-state index in [2.05, 4.69) is 16.5 Å². The summed E-state index contributed by atoms with van der Waals surface area (Å²) in [6.45, 7) is 2.79. The van der Waals surface area contributed by atoms with Crippen molar-refractivity contribution in [3.63, 3.8) is 0 Å². The summed E-state index contributed by atoms with van der Waals surface area (Å²) >= 11 is 0. The fourth-order valence-electron chi connectivity index (χ4n) is 2.06. The number of nitrogens with zero attached hydrogens (tertiary/aromatic N) is 2. The van der Waals surface area contributed by atoms with Crippen LogP contribution in [0.4, 0.5) is 0 Å². The van der Waals surface area contributed by atoms with Crippen LogP contribution in [0.5, 0.6) is 0 Å². The van der Waals surface area contributed by atoms with Crippen LogP contribution >= 0.6 is 0 Å². The van der Waals surface area contributed by atoms with E-state index < -0.39 is 0 Å². The van der Waals surface area contributed by atoms with Crippen molar-refractivity contribution < 1.29 is 0 Å².